The van der Waals surface area contributed by atoms with Gasteiger partial charge in [-0.1, -0.05) is 5.16 Å². The van der Waals surface area contributed by atoms with Gasteiger partial charge in [0.2, 0.25) is 5.89 Å². The van der Waals surface area contributed by atoms with E-state index >= 15 is 0 Å². The average molecular weight is 314 g/mol. The monoisotopic (exact) mass is 314 g/mol. The highest BCUT2D eigenvalue weighted by Crippen LogP contribution is 2.38. The van der Waals surface area contributed by atoms with Crippen LogP contribution in [0, 0.1) is 0 Å². The molecule has 1 atom stereocenters. The number of benzene rings is 1. The highest BCUT2D eigenvalue weighted by atomic mass is 16.5. The van der Waals surface area contributed by atoms with Gasteiger partial charge < -0.3 is 14.5 Å². The Hall–Kier alpha value is -2.08. The lowest BCUT2D eigenvalue weighted by atomic mass is 10.2. The van der Waals surface area contributed by atoms with Gasteiger partial charge in [0, 0.05) is 37.8 Å². The molecule has 1 aromatic heterocycles. The van der Waals surface area contributed by atoms with E-state index in [1.54, 1.807) is 12.1 Å². The summed E-state index contributed by atoms with van der Waals surface area (Å²) in [7, 11) is 0. The molecule has 2 fully saturated rings. The summed E-state index contributed by atoms with van der Waals surface area (Å²) in [5, 5.41) is 13.5. The van der Waals surface area contributed by atoms with Gasteiger partial charge in [0.05, 0.1) is 6.04 Å². The van der Waals surface area contributed by atoms with Crippen LogP contribution in [0.2, 0.25) is 0 Å². The first-order valence-corrected chi connectivity index (χ1v) is 8.32. The van der Waals surface area contributed by atoms with Gasteiger partial charge >= 0.3 is 0 Å². The molecule has 1 aliphatic carbocycles. The van der Waals surface area contributed by atoms with Crippen LogP contribution in [0.4, 0.5) is 5.69 Å². The molecule has 1 saturated heterocycles. The molecule has 23 heavy (non-hydrogen) atoms. The van der Waals surface area contributed by atoms with Gasteiger partial charge in [-0.2, -0.15) is 4.98 Å². The standard InChI is InChI=1S/C17H22N4O2/c1-12(17-18-16(19-23-17)13-2-3-13)20-8-10-21(11-9-20)14-4-6-15(22)7-5-14/h4-7,12-13,22H,2-3,8-11H2,1H3/t12-/m1/s1. The third-order valence-electron chi connectivity index (χ3n) is 4.83. The minimum absolute atomic E-state index is 0.164. The Bertz CT molecular complexity index is 657. The van der Waals surface area contributed by atoms with Crippen molar-refractivity contribution in [1.82, 2.24) is 15.0 Å². The number of nitrogens with zero attached hydrogens (tertiary/aromatic N) is 4. The Labute approximate surface area is 135 Å². The molecule has 6 heteroatoms. The molecule has 0 amide bonds. The van der Waals surface area contributed by atoms with Crippen LogP contribution in [-0.4, -0.2) is 46.3 Å². The van der Waals surface area contributed by atoms with E-state index in [1.165, 1.54) is 12.8 Å². The summed E-state index contributed by atoms with van der Waals surface area (Å²) < 4.78 is 5.46. The zero-order chi connectivity index (χ0) is 15.8. The molecule has 0 unspecified atom stereocenters. The van der Waals surface area contributed by atoms with Gasteiger partial charge in [-0.05, 0) is 44.0 Å². The Morgan fingerprint density at radius 1 is 1.13 bits per heavy atom. The van der Waals surface area contributed by atoms with Crippen molar-refractivity contribution in [2.75, 3.05) is 31.1 Å². The Morgan fingerprint density at radius 3 is 2.48 bits per heavy atom. The number of hydrogen-bond donors (Lipinski definition) is 1. The number of phenolic OH excluding ortho intramolecular Hbond substituents is 1. The van der Waals surface area contributed by atoms with Gasteiger partial charge in [-0.15, -0.1) is 0 Å². The summed E-state index contributed by atoms with van der Waals surface area (Å²) >= 11 is 0. The van der Waals surface area contributed by atoms with Crippen LogP contribution in [0.5, 0.6) is 5.75 Å². The molecule has 2 aliphatic rings. The summed E-state index contributed by atoms with van der Waals surface area (Å²) in [6.07, 6.45) is 2.39. The molecule has 4 rings (SSSR count). The first kappa shape index (κ1) is 14.5. The van der Waals surface area contributed by atoms with E-state index < -0.39 is 0 Å². The Kier molecular flexibility index (Phi) is 3.69. The van der Waals surface area contributed by atoms with Crippen molar-refractivity contribution in [3.63, 3.8) is 0 Å². The van der Waals surface area contributed by atoms with Crippen molar-refractivity contribution < 1.29 is 9.63 Å². The van der Waals surface area contributed by atoms with Crippen LogP contribution >= 0.6 is 0 Å². The number of piperazine rings is 1. The van der Waals surface area contributed by atoms with Crippen molar-refractivity contribution in [2.24, 2.45) is 0 Å². The van der Waals surface area contributed by atoms with Crippen molar-refractivity contribution >= 4 is 5.69 Å². The van der Waals surface area contributed by atoms with Crippen LogP contribution in [0.15, 0.2) is 28.8 Å². The maximum absolute atomic E-state index is 9.39. The Balaban J connectivity index is 1.37. The van der Waals surface area contributed by atoms with E-state index in [0.29, 0.717) is 11.7 Å². The fourth-order valence-corrected chi connectivity index (χ4v) is 3.11. The largest absolute Gasteiger partial charge is 0.508 e. The number of phenols is 1. The lowest BCUT2D eigenvalue weighted by molar-refractivity contribution is 0.164. The quantitative estimate of drug-likeness (QED) is 0.935. The van der Waals surface area contributed by atoms with Crippen molar-refractivity contribution in [3.8, 4) is 5.75 Å². The molecule has 1 aliphatic heterocycles. The zero-order valence-electron chi connectivity index (χ0n) is 13.4. The maximum Gasteiger partial charge on any atom is 0.243 e. The summed E-state index contributed by atoms with van der Waals surface area (Å²) in [4.78, 5) is 9.30. The lowest BCUT2D eigenvalue weighted by Crippen LogP contribution is -2.47. The highest BCUT2D eigenvalue weighted by molar-refractivity contribution is 5.49. The maximum atomic E-state index is 9.39. The normalized spacial score (nSPS) is 20.7. The summed E-state index contributed by atoms with van der Waals surface area (Å²) in [5.41, 5.74) is 1.16. The summed E-state index contributed by atoms with van der Waals surface area (Å²) in [6, 6.07) is 7.57. The van der Waals surface area contributed by atoms with Crippen LogP contribution in [0.3, 0.4) is 0 Å². The van der Waals surface area contributed by atoms with Gasteiger partial charge in [0.25, 0.3) is 0 Å². The molecule has 6 nitrogen and oxygen atoms in total. The second kappa shape index (κ2) is 5.85. The number of aromatic nitrogens is 2. The average Bonchev–Trinajstić information content (AvgIpc) is 3.32. The molecule has 1 aromatic carbocycles. The van der Waals surface area contributed by atoms with Gasteiger partial charge in [0.1, 0.15) is 5.75 Å². The molecule has 2 heterocycles. The van der Waals surface area contributed by atoms with Crippen LogP contribution in [0.25, 0.3) is 0 Å². The number of aromatic hydroxyl groups is 1. The van der Waals surface area contributed by atoms with Crippen LogP contribution < -0.4 is 4.90 Å². The second-order valence-corrected chi connectivity index (χ2v) is 6.48. The second-order valence-electron chi connectivity index (χ2n) is 6.48. The molecule has 1 saturated carbocycles. The number of anilines is 1. The van der Waals surface area contributed by atoms with E-state index in [1.807, 2.05) is 12.1 Å². The Morgan fingerprint density at radius 2 is 1.83 bits per heavy atom. The minimum Gasteiger partial charge on any atom is -0.508 e. The fourth-order valence-electron chi connectivity index (χ4n) is 3.11. The predicted octanol–water partition coefficient (Wildman–Crippen LogP) is 2.54. The van der Waals surface area contributed by atoms with Crippen LogP contribution in [0.1, 0.15) is 43.4 Å². The SMILES string of the molecule is C[C@H](c1nc(C2CC2)no1)N1CCN(c2ccc(O)cc2)CC1. The predicted molar refractivity (Wildman–Crippen MR) is 86.6 cm³/mol. The molecule has 1 N–H and O–H groups in total. The van der Waals surface area contributed by atoms with E-state index in [2.05, 4.69) is 26.9 Å². The third-order valence-corrected chi connectivity index (χ3v) is 4.83. The van der Waals surface area contributed by atoms with Gasteiger partial charge in [0.15, 0.2) is 5.82 Å². The number of rotatable bonds is 4. The minimum atomic E-state index is 0.164. The molecule has 2 aromatic rings. The van der Waals surface area contributed by atoms with Gasteiger partial charge in [-0.25, -0.2) is 0 Å². The molecule has 0 spiro atoms. The van der Waals surface area contributed by atoms with Crippen LogP contribution in [-0.2, 0) is 0 Å². The van der Waals surface area contributed by atoms with E-state index in [9.17, 15) is 5.11 Å². The molecular formula is C17H22N4O2. The lowest BCUT2D eigenvalue weighted by Gasteiger charge is -2.38. The van der Waals surface area contributed by atoms with Gasteiger partial charge in [-0.3, -0.25) is 4.90 Å². The smallest absolute Gasteiger partial charge is 0.243 e. The zero-order valence-corrected chi connectivity index (χ0v) is 13.4. The van der Waals surface area contributed by atoms with Crippen molar-refractivity contribution in [3.05, 3.63) is 36.0 Å². The highest BCUT2D eigenvalue weighted by Gasteiger charge is 2.31. The molecular weight excluding hydrogens is 292 g/mol. The fraction of sp³-hybridized carbons (Fsp3) is 0.529. The summed E-state index contributed by atoms with van der Waals surface area (Å²) in [5.74, 6) is 2.47. The summed E-state index contributed by atoms with van der Waals surface area (Å²) in [6.45, 7) is 5.98. The molecule has 122 valence electrons. The molecule has 0 radical (unpaired) electrons. The first-order chi connectivity index (χ1) is 11.2. The van der Waals surface area contributed by atoms with Crippen molar-refractivity contribution in [2.45, 2.75) is 31.7 Å². The first-order valence-electron chi connectivity index (χ1n) is 8.32. The molecule has 0 bridgehead atoms. The third kappa shape index (κ3) is 3.03. The topological polar surface area (TPSA) is 65.6 Å². The van der Waals surface area contributed by atoms with E-state index in [4.69, 9.17) is 4.52 Å². The van der Waals surface area contributed by atoms with E-state index in [0.717, 1.165) is 43.6 Å². The number of hydrogen-bond acceptors (Lipinski definition) is 6. The van der Waals surface area contributed by atoms with Crippen molar-refractivity contribution in [1.29, 1.82) is 0 Å². The van der Waals surface area contributed by atoms with E-state index in [-0.39, 0.29) is 6.04 Å².